The van der Waals surface area contributed by atoms with Crippen molar-refractivity contribution in [2.45, 2.75) is 49.7 Å². The number of hydrogen-bond donors (Lipinski definition) is 2. The molecule has 0 aliphatic heterocycles. The molecule has 0 radical (unpaired) electrons. The summed E-state index contributed by atoms with van der Waals surface area (Å²) in [5.74, 6) is -1.67. The quantitative estimate of drug-likeness (QED) is 0.505. The van der Waals surface area contributed by atoms with E-state index in [-0.39, 0.29) is 41.8 Å². The number of aliphatic hydroxyl groups is 1. The summed E-state index contributed by atoms with van der Waals surface area (Å²) in [4.78, 5) is 12.9. The summed E-state index contributed by atoms with van der Waals surface area (Å²) < 4.78 is 66.3. The molecular formula is C21H18Cl2F5NO2. The number of halogens is 7. The van der Waals surface area contributed by atoms with Crippen LogP contribution in [0.4, 0.5) is 22.0 Å². The van der Waals surface area contributed by atoms with Crippen molar-refractivity contribution in [2.75, 3.05) is 0 Å². The summed E-state index contributed by atoms with van der Waals surface area (Å²) in [6.07, 6.45) is -5.78. The zero-order valence-corrected chi connectivity index (χ0v) is 17.5. The van der Waals surface area contributed by atoms with Gasteiger partial charge in [0.2, 0.25) is 0 Å². The van der Waals surface area contributed by atoms with Crippen LogP contribution < -0.4 is 5.32 Å². The predicted molar refractivity (Wildman–Crippen MR) is 106 cm³/mol. The number of rotatable bonds is 4. The molecule has 2 aromatic carbocycles. The zero-order chi connectivity index (χ0) is 23.0. The van der Waals surface area contributed by atoms with Gasteiger partial charge in [-0.2, -0.15) is 13.2 Å². The fourth-order valence-electron chi connectivity index (χ4n) is 3.70. The van der Waals surface area contributed by atoms with Gasteiger partial charge in [0, 0.05) is 0 Å². The third-order valence-corrected chi connectivity index (χ3v) is 6.14. The molecule has 1 atom stereocenters. The summed E-state index contributed by atoms with van der Waals surface area (Å²) in [6.45, 7) is 0. The van der Waals surface area contributed by atoms with E-state index in [0.29, 0.717) is 12.1 Å². The molecule has 0 saturated heterocycles. The van der Waals surface area contributed by atoms with Crippen LogP contribution in [-0.2, 0) is 6.18 Å². The van der Waals surface area contributed by atoms with Crippen LogP contribution in [0.5, 0.6) is 0 Å². The molecule has 1 amide bonds. The maximum atomic E-state index is 14.1. The van der Waals surface area contributed by atoms with E-state index in [2.05, 4.69) is 5.32 Å². The minimum atomic E-state index is -4.64. The van der Waals surface area contributed by atoms with Gasteiger partial charge in [0.05, 0.1) is 32.8 Å². The van der Waals surface area contributed by atoms with Crippen molar-refractivity contribution < 1.29 is 31.9 Å². The maximum absolute atomic E-state index is 14.1. The summed E-state index contributed by atoms with van der Waals surface area (Å²) in [6, 6.07) is 4.83. The molecule has 1 saturated carbocycles. The molecule has 3 nitrogen and oxygen atoms in total. The first-order valence-corrected chi connectivity index (χ1v) is 10.2. The Kier molecular flexibility index (Phi) is 6.84. The number of alkyl halides is 4. The van der Waals surface area contributed by atoms with Crippen LogP contribution in [0.1, 0.15) is 53.2 Å². The number of benzene rings is 2. The second kappa shape index (κ2) is 8.92. The average Bonchev–Trinajstić information content (AvgIpc) is 2.70. The summed E-state index contributed by atoms with van der Waals surface area (Å²) in [7, 11) is 0. The second-order valence-electron chi connectivity index (χ2n) is 7.52. The molecule has 1 unspecified atom stereocenters. The first-order valence-electron chi connectivity index (χ1n) is 9.40. The van der Waals surface area contributed by atoms with Gasteiger partial charge in [0.15, 0.2) is 0 Å². The molecule has 2 N–H and O–H groups in total. The highest BCUT2D eigenvalue weighted by Gasteiger charge is 2.43. The Labute approximate surface area is 185 Å². The fourth-order valence-corrected chi connectivity index (χ4v) is 4.20. The van der Waals surface area contributed by atoms with Gasteiger partial charge in [-0.05, 0) is 55.5 Å². The van der Waals surface area contributed by atoms with Crippen molar-refractivity contribution in [2.24, 2.45) is 0 Å². The van der Waals surface area contributed by atoms with Crippen molar-refractivity contribution in [3.05, 3.63) is 69.0 Å². The van der Waals surface area contributed by atoms with E-state index < -0.39 is 46.3 Å². The predicted octanol–water partition coefficient (Wildman–Crippen LogP) is 6.27. The maximum Gasteiger partial charge on any atom is 0.416 e. The van der Waals surface area contributed by atoms with Crippen molar-refractivity contribution in [1.82, 2.24) is 5.32 Å². The van der Waals surface area contributed by atoms with Gasteiger partial charge in [-0.15, -0.1) is 0 Å². The third kappa shape index (κ3) is 5.13. The Morgan fingerprint density at radius 3 is 2.39 bits per heavy atom. The van der Waals surface area contributed by atoms with E-state index >= 15 is 0 Å². The molecule has 1 fully saturated rings. The van der Waals surface area contributed by atoms with Crippen LogP contribution in [0.25, 0.3) is 0 Å². The van der Waals surface area contributed by atoms with Crippen LogP contribution in [-0.4, -0.2) is 22.8 Å². The standard InChI is InChI=1S/C21H18Cl2F5NO2/c22-15-10-11(21(26,27)28)4-5-13(15)19(30)29-18(14-2-1-3-16(25)17(14)23)20(31)8-6-12(24)7-9-20/h1-5,10,12,18,31H,6-9H2,(H,29,30)/t12-,18?,20-. The number of carbonyl (C=O) groups excluding carboxylic acids is 1. The van der Waals surface area contributed by atoms with Gasteiger partial charge >= 0.3 is 6.18 Å². The Bertz CT molecular complexity index is 975. The van der Waals surface area contributed by atoms with Crippen LogP contribution in [0.15, 0.2) is 36.4 Å². The molecule has 31 heavy (non-hydrogen) atoms. The van der Waals surface area contributed by atoms with E-state index in [0.717, 1.165) is 12.1 Å². The van der Waals surface area contributed by atoms with Crippen molar-refractivity contribution in [1.29, 1.82) is 0 Å². The van der Waals surface area contributed by atoms with Gasteiger partial charge in [0.1, 0.15) is 12.0 Å². The lowest BCUT2D eigenvalue weighted by molar-refractivity contribution is -0.137. The summed E-state index contributed by atoms with van der Waals surface area (Å²) in [5.41, 5.74) is -2.87. The largest absolute Gasteiger partial charge is 0.416 e. The SMILES string of the molecule is O=C(NC(c1cccc(F)c1Cl)[C@]1(O)CC[C@H](F)CC1)c1ccc(C(F)(F)F)cc1Cl. The second-order valence-corrected chi connectivity index (χ2v) is 8.31. The van der Waals surface area contributed by atoms with Crippen LogP contribution in [0, 0.1) is 5.82 Å². The first kappa shape index (κ1) is 23.8. The number of amides is 1. The Balaban J connectivity index is 1.97. The Hall–Kier alpha value is -1.90. The Morgan fingerprint density at radius 1 is 1.16 bits per heavy atom. The first-order chi connectivity index (χ1) is 14.4. The van der Waals surface area contributed by atoms with E-state index in [1.807, 2.05) is 0 Å². The molecule has 0 spiro atoms. The smallest absolute Gasteiger partial charge is 0.387 e. The van der Waals surface area contributed by atoms with Crippen molar-refractivity contribution in [3.63, 3.8) is 0 Å². The van der Waals surface area contributed by atoms with E-state index in [1.54, 1.807) is 0 Å². The molecule has 168 valence electrons. The molecule has 1 aliphatic rings. The highest BCUT2D eigenvalue weighted by Crippen LogP contribution is 2.42. The fraction of sp³-hybridized carbons (Fsp3) is 0.381. The van der Waals surface area contributed by atoms with Crippen LogP contribution in [0.3, 0.4) is 0 Å². The summed E-state index contributed by atoms with van der Waals surface area (Å²) in [5, 5.41) is 12.9. The van der Waals surface area contributed by atoms with E-state index in [4.69, 9.17) is 23.2 Å². The van der Waals surface area contributed by atoms with Crippen LogP contribution in [0.2, 0.25) is 10.0 Å². The molecule has 2 aromatic rings. The minimum Gasteiger partial charge on any atom is -0.387 e. The van der Waals surface area contributed by atoms with Gasteiger partial charge in [0.25, 0.3) is 5.91 Å². The topological polar surface area (TPSA) is 49.3 Å². The van der Waals surface area contributed by atoms with Crippen molar-refractivity contribution >= 4 is 29.1 Å². The lowest BCUT2D eigenvalue weighted by Gasteiger charge is -2.41. The van der Waals surface area contributed by atoms with E-state index in [1.165, 1.54) is 12.1 Å². The van der Waals surface area contributed by atoms with Gasteiger partial charge in [-0.25, -0.2) is 8.78 Å². The number of hydrogen-bond acceptors (Lipinski definition) is 2. The third-order valence-electron chi connectivity index (χ3n) is 5.43. The molecule has 10 heteroatoms. The normalized spacial score (nSPS) is 22.8. The lowest BCUT2D eigenvalue weighted by atomic mass is 9.76. The monoisotopic (exact) mass is 481 g/mol. The number of carbonyl (C=O) groups is 1. The van der Waals surface area contributed by atoms with Gasteiger partial charge in [-0.3, -0.25) is 4.79 Å². The highest BCUT2D eigenvalue weighted by atomic mass is 35.5. The highest BCUT2D eigenvalue weighted by molar-refractivity contribution is 6.34. The lowest BCUT2D eigenvalue weighted by Crippen LogP contribution is -2.48. The number of nitrogens with one attached hydrogen (secondary N) is 1. The average molecular weight is 482 g/mol. The molecule has 1 aliphatic carbocycles. The van der Waals surface area contributed by atoms with Crippen LogP contribution >= 0.6 is 23.2 Å². The molecule has 0 bridgehead atoms. The van der Waals surface area contributed by atoms with Gasteiger partial charge in [-0.1, -0.05) is 35.3 Å². The molecule has 0 heterocycles. The Morgan fingerprint density at radius 2 is 1.81 bits per heavy atom. The zero-order valence-electron chi connectivity index (χ0n) is 15.9. The van der Waals surface area contributed by atoms with Gasteiger partial charge < -0.3 is 10.4 Å². The minimum absolute atomic E-state index is 0.0246. The molecule has 3 rings (SSSR count). The molecular weight excluding hydrogens is 464 g/mol. The van der Waals surface area contributed by atoms with E-state index in [9.17, 15) is 31.9 Å². The van der Waals surface area contributed by atoms with Crippen molar-refractivity contribution in [3.8, 4) is 0 Å². The molecule has 0 aromatic heterocycles. The summed E-state index contributed by atoms with van der Waals surface area (Å²) >= 11 is 12.0.